The van der Waals surface area contributed by atoms with Crippen molar-refractivity contribution in [1.29, 1.82) is 0 Å². The van der Waals surface area contributed by atoms with Crippen LogP contribution in [-0.2, 0) is 9.47 Å². The van der Waals surface area contributed by atoms with E-state index in [-0.39, 0.29) is 12.2 Å². The van der Waals surface area contributed by atoms with Crippen LogP contribution in [0.25, 0.3) is 11.1 Å². The number of morpholine rings is 1. The lowest BCUT2D eigenvalue weighted by Gasteiger charge is -2.37. The zero-order chi connectivity index (χ0) is 23.7. The largest absolute Gasteiger partial charge is 0.496 e. The molecule has 1 aromatic carbocycles. The van der Waals surface area contributed by atoms with Crippen LogP contribution in [0.1, 0.15) is 38.3 Å². The number of fused-ring (bicyclic) bond motifs is 1. The molecule has 34 heavy (non-hydrogen) atoms. The Morgan fingerprint density at radius 1 is 1.03 bits per heavy atom. The lowest BCUT2D eigenvalue weighted by molar-refractivity contribution is -0.00545. The van der Waals surface area contributed by atoms with Crippen molar-refractivity contribution < 1.29 is 9.47 Å². The van der Waals surface area contributed by atoms with Crippen molar-refractivity contribution in [2.24, 2.45) is 11.8 Å². The molecule has 4 heteroatoms. The normalized spacial score (nSPS) is 26.6. The number of rotatable bonds is 5. The third-order valence-corrected chi connectivity index (χ3v) is 7.12. The maximum Gasteiger partial charge on any atom is 0.130 e. The van der Waals surface area contributed by atoms with Gasteiger partial charge in [0.25, 0.3) is 0 Å². The number of allylic oxidation sites excluding steroid dienone is 7. The summed E-state index contributed by atoms with van der Waals surface area (Å²) in [6.07, 6.45) is 12.5. The molecule has 4 unspecified atom stereocenters. The van der Waals surface area contributed by atoms with E-state index in [9.17, 15) is 0 Å². The minimum absolute atomic E-state index is 0.211. The number of hydrogen-bond donors (Lipinski definition) is 0. The summed E-state index contributed by atoms with van der Waals surface area (Å²) in [5.74, 6) is 2.64. The van der Waals surface area contributed by atoms with Crippen molar-refractivity contribution in [1.82, 2.24) is 4.98 Å². The first-order valence-corrected chi connectivity index (χ1v) is 12.4. The molecule has 1 aliphatic heterocycles. The van der Waals surface area contributed by atoms with Gasteiger partial charge in [0.05, 0.1) is 19.3 Å². The molecule has 2 heterocycles. The van der Waals surface area contributed by atoms with Crippen molar-refractivity contribution in [3.05, 3.63) is 95.4 Å². The molecule has 2 aliphatic carbocycles. The molecule has 3 aliphatic rings. The second kappa shape index (κ2) is 9.63. The molecule has 4 atom stereocenters. The highest BCUT2D eigenvalue weighted by molar-refractivity contribution is 5.85. The van der Waals surface area contributed by atoms with Crippen molar-refractivity contribution >= 4 is 17.0 Å². The number of hydrogen-bond acceptors (Lipinski definition) is 4. The van der Waals surface area contributed by atoms with Gasteiger partial charge in [0.15, 0.2) is 0 Å². The summed E-state index contributed by atoms with van der Waals surface area (Å²) in [6.45, 7) is 8.25. The predicted octanol–water partition coefficient (Wildman–Crippen LogP) is 6.29. The van der Waals surface area contributed by atoms with E-state index in [0.717, 1.165) is 42.2 Å². The van der Waals surface area contributed by atoms with Crippen LogP contribution < -0.4 is 4.90 Å². The summed E-state index contributed by atoms with van der Waals surface area (Å²) < 4.78 is 11.9. The fourth-order valence-corrected chi connectivity index (χ4v) is 5.66. The molecule has 1 fully saturated rings. The van der Waals surface area contributed by atoms with E-state index in [1.54, 1.807) is 7.11 Å². The number of anilines is 1. The Bertz CT molecular complexity index is 1130. The molecule has 4 nitrogen and oxygen atoms in total. The second-order valence-electron chi connectivity index (χ2n) is 9.53. The number of pyridine rings is 1. The fraction of sp³-hybridized carbons (Fsp3) is 0.367. The Morgan fingerprint density at radius 3 is 2.44 bits per heavy atom. The van der Waals surface area contributed by atoms with Gasteiger partial charge in [0.1, 0.15) is 11.6 Å². The highest BCUT2D eigenvalue weighted by Gasteiger charge is 2.35. The van der Waals surface area contributed by atoms with E-state index in [2.05, 4.69) is 92.4 Å². The Kier molecular flexibility index (Phi) is 6.42. The maximum atomic E-state index is 6.06. The molecule has 5 rings (SSSR count). The topological polar surface area (TPSA) is 34.6 Å². The third-order valence-electron chi connectivity index (χ3n) is 7.12. The lowest BCUT2D eigenvalue weighted by Crippen LogP contribution is -2.45. The smallest absolute Gasteiger partial charge is 0.130 e. The highest BCUT2D eigenvalue weighted by atomic mass is 16.5. The van der Waals surface area contributed by atoms with Gasteiger partial charge in [0.2, 0.25) is 0 Å². The Hall–Kier alpha value is -3.11. The van der Waals surface area contributed by atoms with Crippen LogP contribution >= 0.6 is 0 Å². The van der Waals surface area contributed by atoms with Crippen LogP contribution in [0.2, 0.25) is 0 Å². The summed E-state index contributed by atoms with van der Waals surface area (Å²) in [4.78, 5) is 7.17. The number of aromatic nitrogens is 1. The van der Waals surface area contributed by atoms with Gasteiger partial charge in [-0.1, -0.05) is 61.6 Å². The molecule has 0 spiro atoms. The summed E-state index contributed by atoms with van der Waals surface area (Å²) in [7, 11) is 1.78. The highest BCUT2D eigenvalue weighted by Crippen LogP contribution is 2.48. The number of methoxy groups -OCH3 is 1. The van der Waals surface area contributed by atoms with Gasteiger partial charge in [-0.3, -0.25) is 0 Å². The first-order chi connectivity index (χ1) is 16.6. The van der Waals surface area contributed by atoms with Gasteiger partial charge >= 0.3 is 0 Å². The van der Waals surface area contributed by atoms with Crippen LogP contribution in [0.3, 0.4) is 0 Å². The standard InChI is InChI=1S/C30H34N2O2/c1-5-22-16-27(24-14-15-28(31-17-24)32-18-20(2)34-21(3)19-32)30(33-4)26-13-9-12-25(29(22)26)23-10-7-6-8-11-23/h6-17,20-22,29H,5,18-19H2,1-4H3. The number of ether oxygens (including phenoxy) is 2. The minimum atomic E-state index is 0.211. The van der Waals surface area contributed by atoms with Gasteiger partial charge in [-0.2, -0.15) is 0 Å². The molecule has 1 saturated heterocycles. The molecule has 0 saturated carbocycles. The Balaban J connectivity index is 1.49. The molecule has 0 radical (unpaired) electrons. The molecule has 0 N–H and O–H groups in total. The van der Waals surface area contributed by atoms with E-state index < -0.39 is 0 Å². The van der Waals surface area contributed by atoms with Gasteiger partial charge in [-0.05, 0) is 49.5 Å². The Labute approximate surface area is 203 Å². The van der Waals surface area contributed by atoms with E-state index in [1.807, 2.05) is 6.20 Å². The molecule has 176 valence electrons. The molecule has 0 bridgehead atoms. The molecular formula is C30H34N2O2. The average molecular weight is 455 g/mol. The first kappa shape index (κ1) is 22.7. The Morgan fingerprint density at radius 2 is 1.79 bits per heavy atom. The first-order valence-electron chi connectivity index (χ1n) is 12.4. The zero-order valence-corrected chi connectivity index (χ0v) is 20.6. The molecular weight excluding hydrogens is 420 g/mol. The fourth-order valence-electron chi connectivity index (χ4n) is 5.66. The van der Waals surface area contributed by atoms with Crippen molar-refractivity contribution in [3.63, 3.8) is 0 Å². The van der Waals surface area contributed by atoms with E-state index in [4.69, 9.17) is 14.5 Å². The SMILES string of the molecule is CCC1C=C(c2ccc(N3CC(C)OC(C)C3)nc2)C(OC)=C2C=CC=C(c3ccccc3)C21. The van der Waals surface area contributed by atoms with Crippen LogP contribution in [0.15, 0.2) is 84.3 Å². The summed E-state index contributed by atoms with van der Waals surface area (Å²) in [6, 6.07) is 15.0. The monoisotopic (exact) mass is 454 g/mol. The van der Waals surface area contributed by atoms with Gasteiger partial charge in [0, 0.05) is 41.9 Å². The molecule has 1 aromatic heterocycles. The van der Waals surface area contributed by atoms with Crippen molar-refractivity contribution in [3.8, 4) is 0 Å². The molecule has 0 amide bonds. The number of nitrogens with zero attached hydrogens (tertiary/aromatic N) is 2. The van der Waals surface area contributed by atoms with Gasteiger partial charge in [-0.15, -0.1) is 0 Å². The molecule has 2 aromatic rings. The van der Waals surface area contributed by atoms with Gasteiger partial charge in [-0.25, -0.2) is 4.98 Å². The quantitative estimate of drug-likeness (QED) is 0.532. The number of benzene rings is 1. The minimum Gasteiger partial charge on any atom is -0.496 e. The van der Waals surface area contributed by atoms with Crippen molar-refractivity contribution in [2.75, 3.05) is 25.1 Å². The summed E-state index contributed by atoms with van der Waals surface area (Å²) in [5, 5.41) is 0. The van der Waals surface area contributed by atoms with E-state index >= 15 is 0 Å². The maximum absolute atomic E-state index is 6.06. The van der Waals surface area contributed by atoms with E-state index in [1.165, 1.54) is 16.7 Å². The predicted molar refractivity (Wildman–Crippen MR) is 139 cm³/mol. The third kappa shape index (κ3) is 4.23. The van der Waals surface area contributed by atoms with Crippen molar-refractivity contribution in [2.45, 2.75) is 39.4 Å². The average Bonchev–Trinajstić information content (AvgIpc) is 2.87. The summed E-state index contributed by atoms with van der Waals surface area (Å²) in [5.41, 5.74) is 6.14. The lowest BCUT2D eigenvalue weighted by atomic mass is 9.69. The van der Waals surface area contributed by atoms with Crippen LogP contribution in [0.4, 0.5) is 5.82 Å². The van der Waals surface area contributed by atoms with Crippen LogP contribution in [0, 0.1) is 11.8 Å². The van der Waals surface area contributed by atoms with Crippen LogP contribution in [0.5, 0.6) is 0 Å². The van der Waals surface area contributed by atoms with Gasteiger partial charge < -0.3 is 14.4 Å². The van der Waals surface area contributed by atoms with E-state index in [0.29, 0.717) is 11.8 Å². The van der Waals surface area contributed by atoms with Crippen LogP contribution in [-0.4, -0.2) is 37.4 Å². The second-order valence-corrected chi connectivity index (χ2v) is 9.53. The zero-order valence-electron chi connectivity index (χ0n) is 20.6. The summed E-state index contributed by atoms with van der Waals surface area (Å²) >= 11 is 0.